The first-order chi connectivity index (χ1) is 8.60. The molecule has 0 radical (unpaired) electrons. The van der Waals surface area contributed by atoms with E-state index < -0.39 is 5.97 Å². The van der Waals surface area contributed by atoms with Crippen LogP contribution in [0.5, 0.6) is 11.5 Å². The quantitative estimate of drug-likeness (QED) is 0.832. The molecule has 1 aromatic rings. The lowest BCUT2D eigenvalue weighted by Gasteiger charge is -2.09. The number of carbonyl (C=O) groups is 1. The Balaban J connectivity index is 2.37. The summed E-state index contributed by atoms with van der Waals surface area (Å²) in [6.07, 6.45) is 3.65. The average molecular weight is 248 g/mol. The van der Waals surface area contributed by atoms with Crippen molar-refractivity contribution in [3.63, 3.8) is 0 Å². The van der Waals surface area contributed by atoms with Crippen LogP contribution in [0.1, 0.15) is 25.0 Å². The molecule has 0 amide bonds. The molecule has 0 aromatic heterocycles. The number of carboxylic acids is 1. The minimum absolute atomic E-state index is 0.160. The number of ether oxygens (including phenoxy) is 2. The van der Waals surface area contributed by atoms with Gasteiger partial charge >= 0.3 is 5.97 Å². The summed E-state index contributed by atoms with van der Waals surface area (Å²) < 4.78 is 11.2. The molecule has 1 N–H and O–H groups in total. The lowest BCUT2D eigenvalue weighted by molar-refractivity contribution is -0.131. The van der Waals surface area contributed by atoms with Crippen LogP contribution in [-0.4, -0.2) is 23.8 Å². The topological polar surface area (TPSA) is 55.8 Å². The Morgan fingerprint density at radius 2 is 2.39 bits per heavy atom. The zero-order valence-corrected chi connectivity index (χ0v) is 10.5. The van der Waals surface area contributed by atoms with Crippen molar-refractivity contribution < 1.29 is 19.4 Å². The van der Waals surface area contributed by atoms with Gasteiger partial charge in [0.1, 0.15) is 17.6 Å². The molecule has 0 saturated carbocycles. The van der Waals surface area contributed by atoms with Gasteiger partial charge in [-0.15, -0.1) is 0 Å². The molecule has 1 aliphatic rings. The normalized spacial score (nSPS) is 17.6. The molecule has 2 rings (SSSR count). The lowest BCUT2D eigenvalue weighted by Crippen LogP contribution is -2.05. The molecular weight excluding hydrogens is 232 g/mol. The van der Waals surface area contributed by atoms with Crippen molar-refractivity contribution in [2.24, 2.45) is 0 Å². The first kappa shape index (κ1) is 12.5. The van der Waals surface area contributed by atoms with Gasteiger partial charge in [0.25, 0.3) is 0 Å². The Morgan fingerprint density at radius 1 is 1.61 bits per heavy atom. The van der Waals surface area contributed by atoms with E-state index in [-0.39, 0.29) is 6.10 Å². The van der Waals surface area contributed by atoms with Crippen LogP contribution in [0, 0.1) is 0 Å². The predicted molar refractivity (Wildman–Crippen MR) is 68.1 cm³/mol. The van der Waals surface area contributed by atoms with Gasteiger partial charge in [0.05, 0.1) is 6.61 Å². The lowest BCUT2D eigenvalue weighted by atomic mass is 10.1. The molecule has 0 saturated heterocycles. The summed E-state index contributed by atoms with van der Waals surface area (Å²) in [5, 5.41) is 8.67. The van der Waals surface area contributed by atoms with Crippen LogP contribution in [0.25, 0.3) is 6.08 Å². The zero-order chi connectivity index (χ0) is 13.1. The van der Waals surface area contributed by atoms with Crippen molar-refractivity contribution in [3.8, 4) is 11.5 Å². The molecule has 0 bridgehead atoms. The van der Waals surface area contributed by atoms with Crippen LogP contribution in [0.4, 0.5) is 0 Å². The number of fused-ring (bicyclic) bond motifs is 1. The first-order valence-electron chi connectivity index (χ1n) is 5.97. The van der Waals surface area contributed by atoms with E-state index in [1.165, 1.54) is 6.08 Å². The predicted octanol–water partition coefficient (Wildman–Crippen LogP) is 2.51. The molecule has 0 unspecified atom stereocenters. The second kappa shape index (κ2) is 5.12. The molecule has 1 aliphatic heterocycles. The van der Waals surface area contributed by atoms with Gasteiger partial charge in [-0.25, -0.2) is 4.79 Å². The Kier molecular flexibility index (Phi) is 3.55. The van der Waals surface area contributed by atoms with E-state index in [2.05, 4.69) is 0 Å². The standard InChI is InChI=1S/C14H16O4/c1-3-17-12-8-11-6-9(2)18-13(11)7-10(12)4-5-14(15)16/h4-5,7-9H,3,6H2,1-2H3,(H,15,16)/b5-4+/t9-/m1/s1. The van der Waals surface area contributed by atoms with E-state index in [0.717, 1.165) is 29.4 Å². The second-order valence-corrected chi connectivity index (χ2v) is 4.23. The van der Waals surface area contributed by atoms with Crippen molar-refractivity contribution in [2.45, 2.75) is 26.4 Å². The van der Waals surface area contributed by atoms with Gasteiger partial charge in [-0.05, 0) is 32.1 Å². The molecule has 1 heterocycles. The minimum atomic E-state index is -0.979. The molecule has 1 atom stereocenters. The van der Waals surface area contributed by atoms with E-state index in [1.807, 2.05) is 26.0 Å². The number of carboxylic acid groups (broad SMARTS) is 1. The highest BCUT2D eigenvalue weighted by Gasteiger charge is 2.21. The summed E-state index contributed by atoms with van der Waals surface area (Å²) in [4.78, 5) is 10.6. The molecule has 4 nitrogen and oxygen atoms in total. The molecule has 0 spiro atoms. The summed E-state index contributed by atoms with van der Waals surface area (Å²) in [5.74, 6) is 0.537. The maximum Gasteiger partial charge on any atom is 0.328 e. The molecule has 18 heavy (non-hydrogen) atoms. The monoisotopic (exact) mass is 248 g/mol. The fourth-order valence-corrected chi connectivity index (χ4v) is 2.03. The van der Waals surface area contributed by atoms with E-state index in [4.69, 9.17) is 14.6 Å². The van der Waals surface area contributed by atoms with Gasteiger partial charge in [-0.3, -0.25) is 0 Å². The fourth-order valence-electron chi connectivity index (χ4n) is 2.03. The van der Waals surface area contributed by atoms with Crippen LogP contribution >= 0.6 is 0 Å². The van der Waals surface area contributed by atoms with Crippen LogP contribution in [0.3, 0.4) is 0 Å². The Hall–Kier alpha value is -1.97. The van der Waals surface area contributed by atoms with E-state index in [1.54, 1.807) is 0 Å². The highest BCUT2D eigenvalue weighted by molar-refractivity contribution is 5.86. The summed E-state index contributed by atoms with van der Waals surface area (Å²) in [6, 6.07) is 3.77. The maximum atomic E-state index is 10.6. The van der Waals surface area contributed by atoms with Crippen molar-refractivity contribution >= 4 is 12.0 Å². The van der Waals surface area contributed by atoms with Crippen molar-refractivity contribution in [1.29, 1.82) is 0 Å². The third-order valence-electron chi connectivity index (χ3n) is 2.73. The maximum absolute atomic E-state index is 10.6. The molecule has 0 fully saturated rings. The van der Waals surface area contributed by atoms with Crippen molar-refractivity contribution in [2.75, 3.05) is 6.61 Å². The van der Waals surface area contributed by atoms with Crippen molar-refractivity contribution in [3.05, 3.63) is 29.3 Å². The number of hydrogen-bond donors (Lipinski definition) is 1. The van der Waals surface area contributed by atoms with Crippen LogP contribution < -0.4 is 9.47 Å². The van der Waals surface area contributed by atoms with Gasteiger partial charge in [0.2, 0.25) is 0 Å². The van der Waals surface area contributed by atoms with E-state index in [0.29, 0.717) is 12.4 Å². The molecular formula is C14H16O4. The van der Waals surface area contributed by atoms with E-state index >= 15 is 0 Å². The van der Waals surface area contributed by atoms with Gasteiger partial charge in [-0.1, -0.05) is 0 Å². The van der Waals surface area contributed by atoms with Gasteiger partial charge in [-0.2, -0.15) is 0 Å². The summed E-state index contributed by atoms with van der Waals surface area (Å²) in [6.45, 7) is 4.45. The van der Waals surface area contributed by atoms with E-state index in [9.17, 15) is 4.79 Å². The number of hydrogen-bond acceptors (Lipinski definition) is 3. The number of benzene rings is 1. The highest BCUT2D eigenvalue weighted by Crippen LogP contribution is 2.35. The van der Waals surface area contributed by atoms with Crippen LogP contribution in [0.2, 0.25) is 0 Å². The first-order valence-corrected chi connectivity index (χ1v) is 5.97. The van der Waals surface area contributed by atoms with Crippen molar-refractivity contribution in [1.82, 2.24) is 0 Å². The molecule has 0 aliphatic carbocycles. The third-order valence-corrected chi connectivity index (χ3v) is 2.73. The minimum Gasteiger partial charge on any atom is -0.493 e. The van der Waals surface area contributed by atoms with Gasteiger partial charge in [0.15, 0.2) is 0 Å². The van der Waals surface area contributed by atoms with Gasteiger partial charge in [0, 0.05) is 23.6 Å². The molecule has 4 heteroatoms. The third kappa shape index (κ3) is 2.64. The Labute approximate surface area is 106 Å². The summed E-state index contributed by atoms with van der Waals surface area (Å²) in [5.41, 5.74) is 1.84. The Bertz CT molecular complexity index is 491. The van der Waals surface area contributed by atoms with Crippen LogP contribution in [0.15, 0.2) is 18.2 Å². The van der Waals surface area contributed by atoms with Crippen LogP contribution in [-0.2, 0) is 11.2 Å². The number of aliphatic carboxylic acids is 1. The molecule has 96 valence electrons. The Morgan fingerprint density at radius 3 is 3.06 bits per heavy atom. The molecule has 1 aromatic carbocycles. The highest BCUT2D eigenvalue weighted by atomic mass is 16.5. The van der Waals surface area contributed by atoms with Gasteiger partial charge < -0.3 is 14.6 Å². The summed E-state index contributed by atoms with van der Waals surface area (Å²) in [7, 11) is 0. The zero-order valence-electron chi connectivity index (χ0n) is 10.5. The average Bonchev–Trinajstić information content (AvgIpc) is 2.65. The fraction of sp³-hybridized carbons (Fsp3) is 0.357. The smallest absolute Gasteiger partial charge is 0.328 e. The summed E-state index contributed by atoms with van der Waals surface area (Å²) >= 11 is 0. The number of rotatable bonds is 4. The largest absolute Gasteiger partial charge is 0.493 e. The second-order valence-electron chi connectivity index (χ2n) is 4.23. The SMILES string of the molecule is CCOc1cc2c(cc1/C=C/C(=O)O)O[C@H](C)C2.